The third-order valence-electron chi connectivity index (χ3n) is 4.43. The van der Waals surface area contributed by atoms with E-state index in [0.717, 1.165) is 28.2 Å². The topological polar surface area (TPSA) is 52.0 Å². The Balaban J connectivity index is 1.87. The number of halogens is 1. The van der Waals surface area contributed by atoms with Crippen LogP contribution >= 0.6 is 11.6 Å². The van der Waals surface area contributed by atoms with E-state index in [1.807, 2.05) is 65.3 Å². The van der Waals surface area contributed by atoms with Crippen LogP contribution in [0.25, 0.3) is 28.2 Å². The molecule has 4 nitrogen and oxygen atoms in total. The van der Waals surface area contributed by atoms with Gasteiger partial charge in [0.25, 0.3) is 0 Å². The van der Waals surface area contributed by atoms with E-state index in [4.69, 9.17) is 16.7 Å². The Morgan fingerprint density at radius 2 is 1.46 bits per heavy atom. The average molecular weight is 409 g/mol. The van der Waals surface area contributed by atoms with Crippen LogP contribution in [0.1, 0.15) is 0 Å². The zero-order valence-electron chi connectivity index (χ0n) is 15.1. The first-order valence-corrected chi connectivity index (χ1v) is 10.9. The van der Waals surface area contributed by atoms with Crippen molar-refractivity contribution in [3.05, 3.63) is 90.0 Å². The lowest BCUT2D eigenvalue weighted by Gasteiger charge is -2.08. The van der Waals surface area contributed by atoms with Gasteiger partial charge in [-0.1, -0.05) is 54.1 Å². The summed E-state index contributed by atoms with van der Waals surface area (Å²) in [6.45, 7) is 0. The second kappa shape index (κ2) is 7.26. The molecule has 0 bridgehead atoms. The van der Waals surface area contributed by atoms with Gasteiger partial charge < -0.3 is 0 Å². The van der Waals surface area contributed by atoms with E-state index in [0.29, 0.717) is 5.02 Å². The van der Waals surface area contributed by atoms with Crippen LogP contribution in [0.15, 0.2) is 89.8 Å². The summed E-state index contributed by atoms with van der Waals surface area (Å²) in [4.78, 5) is 0.278. The highest BCUT2D eigenvalue weighted by Gasteiger charge is 2.14. The van der Waals surface area contributed by atoms with Crippen molar-refractivity contribution in [2.45, 2.75) is 4.90 Å². The van der Waals surface area contributed by atoms with Crippen LogP contribution in [0.5, 0.6) is 0 Å². The van der Waals surface area contributed by atoms with Gasteiger partial charge in [-0.3, -0.25) is 0 Å². The van der Waals surface area contributed by atoms with E-state index < -0.39 is 9.84 Å². The predicted octanol–water partition coefficient (Wildman–Crippen LogP) is 5.26. The van der Waals surface area contributed by atoms with Crippen molar-refractivity contribution in [2.75, 3.05) is 6.26 Å². The highest BCUT2D eigenvalue weighted by atomic mass is 35.5. The lowest BCUT2D eigenvalue weighted by molar-refractivity contribution is 0.602. The number of aromatic nitrogens is 2. The molecule has 4 rings (SSSR count). The van der Waals surface area contributed by atoms with Crippen LogP contribution in [-0.2, 0) is 9.84 Å². The molecule has 0 radical (unpaired) electrons. The summed E-state index contributed by atoms with van der Waals surface area (Å²) >= 11 is 6.04. The molecule has 0 aliphatic rings. The Hall–Kier alpha value is -2.89. The third kappa shape index (κ3) is 3.72. The molecule has 0 unspecified atom stereocenters. The molecular weight excluding hydrogens is 392 g/mol. The Morgan fingerprint density at radius 3 is 2.07 bits per heavy atom. The van der Waals surface area contributed by atoms with E-state index in [2.05, 4.69) is 0 Å². The maximum absolute atomic E-state index is 11.8. The van der Waals surface area contributed by atoms with E-state index in [1.54, 1.807) is 24.3 Å². The Labute approximate surface area is 169 Å². The Bertz CT molecular complexity index is 1210. The maximum Gasteiger partial charge on any atom is 0.175 e. The maximum atomic E-state index is 11.8. The van der Waals surface area contributed by atoms with Gasteiger partial charge in [-0.15, -0.1) is 0 Å². The molecule has 0 spiro atoms. The number of hydrogen-bond donors (Lipinski definition) is 0. The molecule has 0 saturated carbocycles. The van der Waals surface area contributed by atoms with Gasteiger partial charge in [-0.05, 0) is 42.5 Å². The fourth-order valence-corrected chi connectivity index (χ4v) is 3.75. The zero-order chi connectivity index (χ0) is 19.7. The summed E-state index contributed by atoms with van der Waals surface area (Å²) in [6, 6.07) is 26.2. The molecule has 0 fully saturated rings. The number of benzene rings is 3. The van der Waals surface area contributed by atoms with Crippen molar-refractivity contribution >= 4 is 21.4 Å². The molecular formula is C22H17ClN2O2S. The fourth-order valence-electron chi connectivity index (χ4n) is 2.99. The molecule has 28 heavy (non-hydrogen) atoms. The quantitative estimate of drug-likeness (QED) is 0.462. The predicted molar refractivity (Wildman–Crippen MR) is 113 cm³/mol. The van der Waals surface area contributed by atoms with Gasteiger partial charge in [0.1, 0.15) is 0 Å². The van der Waals surface area contributed by atoms with Crippen LogP contribution in [0, 0.1) is 0 Å². The van der Waals surface area contributed by atoms with Gasteiger partial charge in [-0.2, -0.15) is 5.10 Å². The van der Waals surface area contributed by atoms with E-state index in [-0.39, 0.29) is 4.90 Å². The van der Waals surface area contributed by atoms with Crippen molar-refractivity contribution in [3.63, 3.8) is 0 Å². The Morgan fingerprint density at radius 1 is 0.821 bits per heavy atom. The van der Waals surface area contributed by atoms with E-state index in [9.17, 15) is 8.42 Å². The first-order chi connectivity index (χ1) is 13.4. The minimum Gasteiger partial charge on any atom is -0.232 e. The SMILES string of the molecule is CS(=O)(=O)c1ccc(-n2nc(-c3ccccc3)cc2-c2ccc(Cl)cc2)cc1. The molecule has 0 amide bonds. The molecule has 0 atom stereocenters. The second-order valence-corrected chi connectivity index (χ2v) is 8.92. The van der Waals surface area contributed by atoms with Crippen LogP contribution in [0.4, 0.5) is 0 Å². The number of sulfone groups is 1. The summed E-state index contributed by atoms with van der Waals surface area (Å²) in [5.74, 6) is 0. The summed E-state index contributed by atoms with van der Waals surface area (Å²) in [6.07, 6.45) is 1.20. The second-order valence-electron chi connectivity index (χ2n) is 6.47. The van der Waals surface area contributed by atoms with Gasteiger partial charge in [0.2, 0.25) is 0 Å². The summed E-state index contributed by atoms with van der Waals surface area (Å²) in [5, 5.41) is 5.44. The molecule has 0 saturated heterocycles. The molecule has 4 aromatic rings. The van der Waals surface area contributed by atoms with Crippen molar-refractivity contribution in [3.8, 4) is 28.2 Å². The van der Waals surface area contributed by atoms with E-state index in [1.165, 1.54) is 6.26 Å². The highest BCUT2D eigenvalue weighted by Crippen LogP contribution is 2.29. The van der Waals surface area contributed by atoms with Gasteiger partial charge in [0, 0.05) is 22.4 Å². The van der Waals surface area contributed by atoms with Gasteiger partial charge in [-0.25, -0.2) is 13.1 Å². The third-order valence-corrected chi connectivity index (χ3v) is 5.81. The number of rotatable bonds is 4. The molecule has 6 heteroatoms. The van der Waals surface area contributed by atoms with Crippen LogP contribution in [-0.4, -0.2) is 24.5 Å². The first kappa shape index (κ1) is 18.5. The highest BCUT2D eigenvalue weighted by molar-refractivity contribution is 7.90. The molecule has 1 aromatic heterocycles. The Kier molecular flexibility index (Phi) is 4.79. The molecule has 0 N–H and O–H groups in total. The lowest BCUT2D eigenvalue weighted by atomic mass is 10.1. The molecule has 0 aliphatic carbocycles. The van der Waals surface area contributed by atoms with Crippen molar-refractivity contribution in [2.24, 2.45) is 0 Å². The van der Waals surface area contributed by atoms with Crippen LogP contribution in [0.3, 0.4) is 0 Å². The number of nitrogens with zero attached hydrogens (tertiary/aromatic N) is 2. The fraction of sp³-hybridized carbons (Fsp3) is 0.0455. The summed E-state index contributed by atoms with van der Waals surface area (Å²) < 4.78 is 25.3. The normalized spacial score (nSPS) is 11.5. The smallest absolute Gasteiger partial charge is 0.175 e. The average Bonchev–Trinajstić information content (AvgIpc) is 3.14. The minimum atomic E-state index is -3.25. The minimum absolute atomic E-state index is 0.278. The van der Waals surface area contributed by atoms with Crippen molar-refractivity contribution < 1.29 is 8.42 Å². The molecule has 140 valence electrons. The van der Waals surface area contributed by atoms with E-state index >= 15 is 0 Å². The number of hydrogen-bond acceptors (Lipinski definition) is 3. The first-order valence-electron chi connectivity index (χ1n) is 8.64. The van der Waals surface area contributed by atoms with Crippen molar-refractivity contribution in [1.29, 1.82) is 0 Å². The van der Waals surface area contributed by atoms with Gasteiger partial charge in [0.05, 0.1) is 22.0 Å². The largest absolute Gasteiger partial charge is 0.232 e. The van der Waals surface area contributed by atoms with Crippen LogP contribution in [0.2, 0.25) is 5.02 Å². The molecule has 3 aromatic carbocycles. The zero-order valence-corrected chi connectivity index (χ0v) is 16.7. The standard InChI is InChI=1S/C22H17ClN2O2S/c1-28(26,27)20-13-11-19(12-14-20)25-22(17-7-9-18(23)10-8-17)15-21(24-25)16-5-3-2-4-6-16/h2-15H,1H3. The van der Waals surface area contributed by atoms with Crippen molar-refractivity contribution in [1.82, 2.24) is 9.78 Å². The molecule has 1 heterocycles. The lowest BCUT2D eigenvalue weighted by Crippen LogP contribution is -2.01. The summed E-state index contributed by atoms with van der Waals surface area (Å²) in [7, 11) is -3.25. The van der Waals surface area contributed by atoms with Crippen LogP contribution < -0.4 is 0 Å². The monoisotopic (exact) mass is 408 g/mol. The van der Waals surface area contributed by atoms with Gasteiger partial charge in [0.15, 0.2) is 9.84 Å². The summed E-state index contributed by atoms with van der Waals surface area (Å²) in [5.41, 5.74) is 4.47. The van der Waals surface area contributed by atoms with Gasteiger partial charge >= 0.3 is 0 Å². The molecule has 0 aliphatic heterocycles.